The number of rotatable bonds is 0. The zero-order valence-electron chi connectivity index (χ0n) is 4.64. The van der Waals surface area contributed by atoms with Gasteiger partial charge in [0, 0.05) is 12.2 Å². The fourth-order valence-corrected chi connectivity index (χ4v) is 3.92. The van der Waals surface area contributed by atoms with Crippen LogP contribution in [-0.2, 0) is 10.9 Å². The summed E-state index contributed by atoms with van der Waals surface area (Å²) in [6.45, 7) is 0. The van der Waals surface area contributed by atoms with Crippen molar-refractivity contribution in [1.82, 2.24) is 0 Å². The van der Waals surface area contributed by atoms with Crippen LogP contribution in [0.3, 0.4) is 0 Å². The lowest BCUT2D eigenvalue weighted by atomic mass is 10.6. The van der Waals surface area contributed by atoms with E-state index >= 15 is 0 Å². The Kier molecular flexibility index (Phi) is 2.40. The Hall–Kier alpha value is 0.700. The maximum Gasteiger partial charge on any atom is 0.153 e. The van der Waals surface area contributed by atoms with Crippen LogP contribution >= 0.6 is 11.8 Å². The highest BCUT2D eigenvalue weighted by molar-refractivity contribution is 8.14. The Morgan fingerprint density at radius 2 is 2.43 bits per heavy atom. The molecule has 1 heterocycles. The molecule has 0 nitrogen and oxygen atoms in total. The zero-order valence-corrected chi connectivity index (χ0v) is 6.28. The summed E-state index contributed by atoms with van der Waals surface area (Å²) in [5.74, 6) is 2.91. The highest BCUT2D eigenvalue weighted by atomic mass is 32.2. The second kappa shape index (κ2) is 2.88. The predicted octanol–water partition coefficient (Wildman–Crippen LogP) is 1.33. The number of hydrogen-bond acceptors (Lipinski definition) is 1. The molecule has 1 unspecified atom stereocenters. The predicted molar refractivity (Wildman–Crippen MR) is 40.1 cm³/mol. The maximum absolute atomic E-state index is 2.37. The third kappa shape index (κ3) is 1.96. The molecule has 0 radical (unpaired) electrons. The maximum atomic E-state index is 2.37. The van der Waals surface area contributed by atoms with Crippen LogP contribution in [0.15, 0.2) is 0 Å². The van der Waals surface area contributed by atoms with Crippen molar-refractivity contribution in [2.24, 2.45) is 0 Å². The third-order valence-corrected chi connectivity index (χ3v) is 4.91. The van der Waals surface area contributed by atoms with E-state index in [9.17, 15) is 0 Å². The first-order valence-corrected chi connectivity index (χ1v) is 5.69. The van der Waals surface area contributed by atoms with E-state index in [0.717, 1.165) is 10.9 Å². The third-order valence-electron chi connectivity index (χ3n) is 1.07. The number of hydrogen-bond donors (Lipinski definition) is 0. The summed E-state index contributed by atoms with van der Waals surface area (Å²) in [5, 5.41) is 1.43. The fourth-order valence-electron chi connectivity index (χ4n) is 0.667. The zero-order chi connectivity index (χ0) is 5.11. The minimum Gasteiger partial charge on any atom is -0.109 e. The normalized spacial score (nSPS) is 33.0. The Morgan fingerprint density at radius 3 is 2.71 bits per heavy atom. The Balaban J connectivity index is 2.12. The van der Waals surface area contributed by atoms with E-state index in [0.29, 0.717) is 0 Å². The van der Waals surface area contributed by atoms with E-state index in [1.54, 1.807) is 0 Å². The molecular weight excluding hydrogens is 124 g/mol. The summed E-state index contributed by atoms with van der Waals surface area (Å²) in [5.41, 5.74) is 0. The smallest absolute Gasteiger partial charge is 0.109 e. The molecular formula is C5H11S2+. The van der Waals surface area contributed by atoms with Gasteiger partial charge in [-0.25, -0.2) is 0 Å². The van der Waals surface area contributed by atoms with E-state index in [2.05, 4.69) is 18.0 Å². The standard InChI is InChI=1S/C5H11S2/c1-7-4-2-3-6-5-7/h2-5H2,1H3/q+1. The van der Waals surface area contributed by atoms with Gasteiger partial charge in [-0.3, -0.25) is 0 Å². The van der Waals surface area contributed by atoms with Gasteiger partial charge in [-0.15, -0.1) is 11.8 Å². The molecule has 0 aromatic heterocycles. The molecule has 0 aromatic rings. The topological polar surface area (TPSA) is 0 Å². The minimum absolute atomic E-state index is 0.773. The molecule has 0 spiro atoms. The lowest BCUT2D eigenvalue weighted by Crippen LogP contribution is -2.13. The van der Waals surface area contributed by atoms with Crippen molar-refractivity contribution in [3.8, 4) is 0 Å². The van der Waals surface area contributed by atoms with Crippen molar-refractivity contribution in [3.63, 3.8) is 0 Å². The first kappa shape index (κ1) is 5.83. The van der Waals surface area contributed by atoms with Gasteiger partial charge in [0.2, 0.25) is 0 Å². The van der Waals surface area contributed by atoms with Gasteiger partial charge in [0.05, 0.1) is 6.26 Å². The van der Waals surface area contributed by atoms with Crippen LogP contribution in [0.25, 0.3) is 0 Å². The molecule has 0 amide bonds. The Bertz CT molecular complexity index is 48.0. The summed E-state index contributed by atoms with van der Waals surface area (Å²) in [6, 6.07) is 0. The van der Waals surface area contributed by atoms with Gasteiger partial charge in [-0.05, 0) is 10.9 Å². The van der Waals surface area contributed by atoms with Crippen molar-refractivity contribution in [2.75, 3.05) is 22.8 Å². The van der Waals surface area contributed by atoms with Crippen LogP contribution in [0.2, 0.25) is 0 Å². The van der Waals surface area contributed by atoms with Gasteiger partial charge in [0.25, 0.3) is 0 Å². The second-order valence-corrected chi connectivity index (χ2v) is 5.60. The fraction of sp³-hybridized carbons (Fsp3) is 1.00. The largest absolute Gasteiger partial charge is 0.153 e. The van der Waals surface area contributed by atoms with Crippen LogP contribution in [0.1, 0.15) is 6.42 Å². The van der Waals surface area contributed by atoms with Gasteiger partial charge in [-0.1, -0.05) is 0 Å². The van der Waals surface area contributed by atoms with Crippen LogP contribution in [0.4, 0.5) is 0 Å². The SMILES string of the molecule is C[S+]1CCCSC1. The van der Waals surface area contributed by atoms with Crippen LogP contribution in [0.5, 0.6) is 0 Å². The molecule has 0 saturated carbocycles. The molecule has 42 valence electrons. The first-order valence-electron chi connectivity index (χ1n) is 2.56. The Morgan fingerprint density at radius 1 is 1.57 bits per heavy atom. The molecule has 1 rings (SSSR count). The molecule has 1 aliphatic rings. The molecule has 1 fully saturated rings. The monoisotopic (exact) mass is 135 g/mol. The molecule has 1 atom stereocenters. The molecule has 2 heteroatoms. The summed E-state index contributed by atoms with van der Waals surface area (Å²) < 4.78 is 0. The van der Waals surface area contributed by atoms with Gasteiger partial charge >= 0.3 is 0 Å². The summed E-state index contributed by atoms with van der Waals surface area (Å²) in [7, 11) is 0.773. The highest BCUT2D eigenvalue weighted by Crippen LogP contribution is 2.15. The van der Waals surface area contributed by atoms with Crippen molar-refractivity contribution < 1.29 is 0 Å². The summed E-state index contributed by atoms with van der Waals surface area (Å²) in [6.07, 6.45) is 3.83. The molecule has 7 heavy (non-hydrogen) atoms. The minimum atomic E-state index is 0.773. The first-order chi connectivity index (χ1) is 3.39. The van der Waals surface area contributed by atoms with Crippen molar-refractivity contribution in [1.29, 1.82) is 0 Å². The lowest BCUT2D eigenvalue weighted by molar-refractivity contribution is 1.11. The molecule has 1 saturated heterocycles. The van der Waals surface area contributed by atoms with Crippen molar-refractivity contribution in [3.05, 3.63) is 0 Å². The van der Waals surface area contributed by atoms with Gasteiger partial charge in [0.1, 0.15) is 5.75 Å². The quantitative estimate of drug-likeness (QED) is 0.452. The van der Waals surface area contributed by atoms with Gasteiger partial charge < -0.3 is 0 Å². The molecule has 0 aromatic carbocycles. The molecule has 0 aliphatic carbocycles. The van der Waals surface area contributed by atoms with E-state index in [-0.39, 0.29) is 0 Å². The van der Waals surface area contributed by atoms with Crippen LogP contribution in [0, 0.1) is 0 Å². The van der Waals surface area contributed by atoms with Crippen molar-refractivity contribution in [2.45, 2.75) is 6.42 Å². The molecule has 0 bridgehead atoms. The average molecular weight is 135 g/mol. The van der Waals surface area contributed by atoms with Crippen LogP contribution in [-0.4, -0.2) is 22.8 Å². The highest BCUT2D eigenvalue weighted by Gasteiger charge is 2.14. The second-order valence-electron chi connectivity index (χ2n) is 1.87. The van der Waals surface area contributed by atoms with Gasteiger partial charge in [0.15, 0.2) is 5.08 Å². The van der Waals surface area contributed by atoms with Gasteiger partial charge in [-0.2, -0.15) is 0 Å². The summed E-state index contributed by atoms with van der Waals surface area (Å²) >= 11 is 2.12. The summed E-state index contributed by atoms with van der Waals surface area (Å²) in [4.78, 5) is 0. The molecule has 1 aliphatic heterocycles. The lowest BCUT2D eigenvalue weighted by Gasteiger charge is -2.07. The molecule has 0 N–H and O–H groups in total. The Labute approximate surface area is 52.4 Å². The van der Waals surface area contributed by atoms with E-state index in [1.165, 1.54) is 23.0 Å². The van der Waals surface area contributed by atoms with Crippen molar-refractivity contribution >= 4 is 22.7 Å². The average Bonchev–Trinajstić information content (AvgIpc) is 1.69. The van der Waals surface area contributed by atoms with Crippen LogP contribution < -0.4 is 0 Å². The number of thioether (sulfide) groups is 1. The van der Waals surface area contributed by atoms with E-state index < -0.39 is 0 Å². The van der Waals surface area contributed by atoms with E-state index in [4.69, 9.17) is 0 Å². The van der Waals surface area contributed by atoms with E-state index in [1.807, 2.05) is 0 Å².